The summed E-state index contributed by atoms with van der Waals surface area (Å²) in [6.07, 6.45) is 3.07. The highest BCUT2D eigenvalue weighted by molar-refractivity contribution is 6.35. The lowest BCUT2D eigenvalue weighted by atomic mass is 9.85. The summed E-state index contributed by atoms with van der Waals surface area (Å²) in [5, 5.41) is 16.3. The van der Waals surface area contributed by atoms with Gasteiger partial charge in [-0.05, 0) is 113 Å². The van der Waals surface area contributed by atoms with Gasteiger partial charge >= 0.3 is 11.8 Å². The maximum Gasteiger partial charge on any atom is 0.309 e. The Balaban J connectivity index is 1.45. The van der Waals surface area contributed by atoms with Gasteiger partial charge in [0, 0.05) is 51.4 Å². The molecule has 8 amide bonds. The van der Waals surface area contributed by atoms with Crippen LogP contribution in [0.1, 0.15) is 92.2 Å². The van der Waals surface area contributed by atoms with Gasteiger partial charge in [-0.1, -0.05) is 65.8 Å². The second-order valence-corrected chi connectivity index (χ2v) is 21.1. The summed E-state index contributed by atoms with van der Waals surface area (Å²) in [6, 6.07) is 7.97. The van der Waals surface area contributed by atoms with E-state index in [1.165, 1.54) is 34.1 Å². The van der Waals surface area contributed by atoms with Crippen molar-refractivity contribution in [3.63, 3.8) is 0 Å². The molecule has 0 radical (unpaired) electrons. The Hall–Kier alpha value is -6.02. The molecule has 0 saturated carbocycles. The van der Waals surface area contributed by atoms with Crippen LogP contribution in [-0.4, -0.2) is 170 Å². The highest BCUT2D eigenvalue weighted by Crippen LogP contribution is 2.28. The minimum Gasteiger partial charge on any atom is -0.342 e. The Labute approximate surface area is 423 Å². The number of nitrogens with zero attached hydrogens (tertiary/aromatic N) is 4. The van der Waals surface area contributed by atoms with Crippen molar-refractivity contribution in [1.29, 1.82) is 0 Å². The van der Waals surface area contributed by atoms with E-state index in [4.69, 9.17) is 0 Å². The predicted molar refractivity (Wildman–Crippen MR) is 269 cm³/mol. The average Bonchev–Trinajstić information content (AvgIpc) is 4.02. The highest BCUT2D eigenvalue weighted by atomic mass is 19.1. The SMILES string of the molecule is CN[C@@H](C)C(=O)N[C@H](C(=O)N1CCC[C@H]1CN(CCc1ccc(F)cc1)C(=O)CNC(=O)C(=O)NCC(=O)N(CCc1ccc(F)cc1)C[C@@H]1CCCN1C(=O)[C@@H](NC(=O)[C@H](C)NC)C(C)(C)C)C(C)(C)C. The summed E-state index contributed by atoms with van der Waals surface area (Å²) >= 11 is 0. The molecule has 0 bridgehead atoms. The molecule has 72 heavy (non-hydrogen) atoms. The number of nitrogens with one attached hydrogen (secondary N) is 6. The Morgan fingerprint density at radius 1 is 0.583 bits per heavy atom. The van der Waals surface area contributed by atoms with E-state index in [1.54, 1.807) is 62.0 Å². The highest BCUT2D eigenvalue weighted by Gasteiger charge is 2.42. The minimum absolute atomic E-state index is 0.0822. The molecule has 2 heterocycles. The third-order valence-corrected chi connectivity index (χ3v) is 13.5. The topological polar surface area (TPSA) is 222 Å². The standard InChI is InChI=1S/C52H78F2N10O8/c1-33(55-9)45(67)59-43(51(3,4)5)49(71)63-25-11-13-39(63)31-61(27-23-35-15-19-37(53)20-16-35)41(65)29-57-47(69)48(70)58-30-42(66)62(28-24-36-17-21-38(54)22-18-36)32-40-14-12-26-64(40)50(72)44(52(6,7)8)60-46(68)34(2)56-10/h15-22,33-34,39-40,43-44,55-56H,11-14,23-32H2,1-10H3,(H,57,69)(H,58,70)(H,59,67)(H,60,68)/t33-,34-,39-,40-,43+,44+/m0/s1. The van der Waals surface area contributed by atoms with Gasteiger partial charge < -0.3 is 51.5 Å². The van der Waals surface area contributed by atoms with E-state index in [9.17, 15) is 47.1 Å². The van der Waals surface area contributed by atoms with Gasteiger partial charge in [0.05, 0.1) is 25.2 Å². The molecule has 0 unspecified atom stereocenters. The van der Waals surface area contributed by atoms with E-state index in [1.807, 2.05) is 41.5 Å². The Morgan fingerprint density at radius 3 is 1.22 bits per heavy atom. The first-order valence-corrected chi connectivity index (χ1v) is 25.0. The molecule has 398 valence electrons. The number of rotatable bonds is 22. The van der Waals surface area contributed by atoms with Crippen molar-refractivity contribution >= 4 is 47.3 Å². The predicted octanol–water partition coefficient (Wildman–Crippen LogP) is 1.90. The third kappa shape index (κ3) is 17.1. The van der Waals surface area contributed by atoms with Crippen LogP contribution >= 0.6 is 0 Å². The summed E-state index contributed by atoms with van der Waals surface area (Å²) in [7, 11) is 3.30. The van der Waals surface area contributed by atoms with Crippen molar-refractivity contribution in [3.8, 4) is 0 Å². The van der Waals surface area contributed by atoms with Gasteiger partial charge in [0.1, 0.15) is 23.7 Å². The first-order chi connectivity index (χ1) is 33.8. The van der Waals surface area contributed by atoms with Crippen molar-refractivity contribution in [2.75, 3.05) is 66.5 Å². The molecular weight excluding hydrogens is 931 g/mol. The van der Waals surface area contributed by atoms with Gasteiger partial charge in [-0.25, -0.2) is 8.78 Å². The molecular formula is C52H78F2N10O8. The lowest BCUT2D eigenvalue weighted by molar-refractivity contribution is -0.143. The molecule has 2 aliphatic rings. The molecule has 2 fully saturated rings. The number of likely N-dealkylation sites (N-methyl/N-ethyl adjacent to an activating group) is 2. The summed E-state index contributed by atoms with van der Waals surface area (Å²) in [4.78, 5) is 115. The smallest absolute Gasteiger partial charge is 0.309 e. The maximum absolute atomic E-state index is 14.2. The first-order valence-electron chi connectivity index (χ1n) is 25.0. The van der Waals surface area contributed by atoms with Crippen LogP contribution in [0.5, 0.6) is 0 Å². The fourth-order valence-electron chi connectivity index (χ4n) is 8.73. The monoisotopic (exact) mass is 1010 g/mol. The molecule has 6 atom stereocenters. The molecule has 0 aliphatic carbocycles. The van der Waals surface area contributed by atoms with Gasteiger partial charge in [0.2, 0.25) is 35.4 Å². The van der Waals surface area contributed by atoms with E-state index >= 15 is 0 Å². The maximum atomic E-state index is 14.2. The third-order valence-electron chi connectivity index (χ3n) is 13.5. The van der Waals surface area contributed by atoms with Crippen LogP contribution in [0.25, 0.3) is 0 Å². The fraction of sp³-hybridized carbons (Fsp3) is 0.615. The molecule has 20 heteroatoms. The van der Waals surface area contributed by atoms with Crippen molar-refractivity contribution in [1.82, 2.24) is 51.5 Å². The van der Waals surface area contributed by atoms with Crippen LogP contribution in [0, 0.1) is 22.5 Å². The first kappa shape index (κ1) is 58.5. The zero-order valence-corrected chi connectivity index (χ0v) is 43.8. The van der Waals surface area contributed by atoms with Gasteiger partial charge in [-0.2, -0.15) is 0 Å². The largest absolute Gasteiger partial charge is 0.342 e. The van der Waals surface area contributed by atoms with Gasteiger partial charge in [0.15, 0.2) is 0 Å². The quantitative estimate of drug-likeness (QED) is 0.0942. The Morgan fingerprint density at radius 2 is 0.917 bits per heavy atom. The molecule has 6 N–H and O–H groups in total. The second kappa shape index (κ2) is 26.6. The van der Waals surface area contributed by atoms with Crippen molar-refractivity contribution in [2.45, 2.75) is 130 Å². The lowest BCUT2D eigenvalue weighted by Crippen LogP contribution is -2.59. The molecule has 2 saturated heterocycles. The van der Waals surface area contributed by atoms with Crippen LogP contribution < -0.4 is 31.9 Å². The fourth-order valence-corrected chi connectivity index (χ4v) is 8.73. The summed E-state index contributed by atoms with van der Waals surface area (Å²) in [6.45, 7) is 14.6. The van der Waals surface area contributed by atoms with Gasteiger partial charge in [-0.3, -0.25) is 38.4 Å². The van der Waals surface area contributed by atoms with Crippen LogP contribution in [0.4, 0.5) is 8.78 Å². The molecule has 2 aromatic rings. The zero-order valence-electron chi connectivity index (χ0n) is 43.8. The van der Waals surface area contributed by atoms with E-state index in [2.05, 4.69) is 31.9 Å². The van der Waals surface area contributed by atoms with Gasteiger partial charge in [-0.15, -0.1) is 0 Å². The number of benzene rings is 2. The Bertz CT molecular complexity index is 2050. The zero-order chi connectivity index (χ0) is 53.5. The molecule has 18 nitrogen and oxygen atoms in total. The number of carbonyl (C=O) groups excluding carboxylic acids is 8. The van der Waals surface area contributed by atoms with Crippen LogP contribution in [0.15, 0.2) is 48.5 Å². The number of hydrogen-bond acceptors (Lipinski definition) is 10. The van der Waals surface area contributed by atoms with Crippen molar-refractivity contribution in [3.05, 3.63) is 71.3 Å². The normalized spacial score (nSPS) is 17.6. The number of carbonyl (C=O) groups is 8. The van der Waals surface area contributed by atoms with Gasteiger partial charge in [0.25, 0.3) is 0 Å². The second-order valence-electron chi connectivity index (χ2n) is 21.1. The molecule has 2 aromatic carbocycles. The number of hydrogen-bond donors (Lipinski definition) is 6. The molecule has 0 aromatic heterocycles. The molecule has 4 rings (SSSR count). The number of amides is 8. The van der Waals surface area contributed by atoms with Crippen LogP contribution in [-0.2, 0) is 51.2 Å². The molecule has 2 aliphatic heterocycles. The Kier molecular flexibility index (Phi) is 21.6. The minimum atomic E-state index is -1.17. The number of halogens is 2. The number of likely N-dealkylation sites (tertiary alicyclic amines) is 2. The van der Waals surface area contributed by atoms with E-state index in [0.717, 1.165) is 11.1 Å². The van der Waals surface area contributed by atoms with Crippen LogP contribution in [0.3, 0.4) is 0 Å². The van der Waals surface area contributed by atoms with E-state index in [0.29, 0.717) is 51.6 Å². The van der Waals surface area contributed by atoms with E-state index < -0.39 is 95.4 Å². The van der Waals surface area contributed by atoms with Crippen molar-refractivity contribution in [2.24, 2.45) is 10.8 Å². The summed E-state index contributed by atoms with van der Waals surface area (Å²) < 4.78 is 27.5. The van der Waals surface area contributed by atoms with Crippen molar-refractivity contribution < 1.29 is 47.1 Å². The molecule has 0 spiro atoms. The average molecular weight is 1010 g/mol. The summed E-state index contributed by atoms with van der Waals surface area (Å²) in [5.74, 6) is -5.52. The van der Waals surface area contributed by atoms with E-state index in [-0.39, 0.29) is 49.8 Å². The van der Waals surface area contributed by atoms with Crippen LogP contribution in [0.2, 0.25) is 0 Å². The lowest BCUT2D eigenvalue weighted by Gasteiger charge is -2.37. The summed E-state index contributed by atoms with van der Waals surface area (Å²) in [5.41, 5.74) is 0.186.